The molecule has 7 nitrogen and oxygen atoms in total. The molecule has 0 aliphatic rings. The normalized spacial score (nSPS) is 10.9. The molecule has 0 bridgehead atoms. The fraction of sp³-hybridized carbons (Fsp3) is 0.167. The van der Waals surface area contributed by atoms with E-state index in [0.717, 1.165) is 27.7 Å². The Balaban J connectivity index is 1.42. The van der Waals surface area contributed by atoms with Crippen LogP contribution in [0.2, 0.25) is 0 Å². The van der Waals surface area contributed by atoms with Crippen LogP contribution in [0.1, 0.15) is 16.8 Å². The molecule has 1 heterocycles. The van der Waals surface area contributed by atoms with Crippen molar-refractivity contribution in [3.05, 3.63) is 82.8 Å². The zero-order valence-electron chi connectivity index (χ0n) is 17.0. The van der Waals surface area contributed by atoms with Crippen LogP contribution >= 0.6 is 0 Å². The van der Waals surface area contributed by atoms with Crippen LogP contribution in [0.25, 0.3) is 21.5 Å². The van der Waals surface area contributed by atoms with E-state index in [9.17, 15) is 9.59 Å². The van der Waals surface area contributed by atoms with E-state index in [-0.39, 0.29) is 11.1 Å². The third-order valence-corrected chi connectivity index (χ3v) is 5.17. The Kier molecular flexibility index (Phi) is 5.86. The number of hydrogen-bond acceptors (Lipinski definition) is 5. The number of hydrogen-bond donors (Lipinski definition) is 2. The molecule has 0 unspecified atom stereocenters. The average Bonchev–Trinajstić information content (AvgIpc) is 2.82. The lowest BCUT2D eigenvalue weighted by atomic mass is 10.1. The molecule has 0 spiro atoms. The van der Waals surface area contributed by atoms with Gasteiger partial charge in [0.05, 0.1) is 13.7 Å². The highest BCUT2D eigenvalue weighted by atomic mass is 16.5. The quantitative estimate of drug-likeness (QED) is 0.271. The number of carbonyl (C=O) groups is 1. The zero-order valence-corrected chi connectivity index (χ0v) is 17.0. The van der Waals surface area contributed by atoms with Crippen LogP contribution in [-0.4, -0.2) is 29.4 Å². The van der Waals surface area contributed by atoms with Crippen molar-refractivity contribution in [1.82, 2.24) is 10.0 Å². The number of carbonyl (C=O) groups excluding carboxylic acids is 1. The number of amides is 1. The summed E-state index contributed by atoms with van der Waals surface area (Å²) in [6.07, 6.45) is 2.38. The number of aryl methyl sites for hydroxylation is 1. The first-order valence-electron chi connectivity index (χ1n) is 9.87. The highest BCUT2D eigenvalue weighted by Crippen LogP contribution is 2.25. The molecule has 0 saturated heterocycles. The van der Waals surface area contributed by atoms with Gasteiger partial charge in [-0.3, -0.25) is 14.8 Å². The maximum absolute atomic E-state index is 12.8. The van der Waals surface area contributed by atoms with Gasteiger partial charge >= 0.3 is 0 Å². The molecule has 0 aliphatic carbocycles. The summed E-state index contributed by atoms with van der Waals surface area (Å²) in [5.41, 5.74) is 1.62. The van der Waals surface area contributed by atoms with Gasteiger partial charge in [-0.15, -0.1) is 0 Å². The van der Waals surface area contributed by atoms with Crippen LogP contribution in [0.3, 0.4) is 0 Å². The van der Waals surface area contributed by atoms with Crippen molar-refractivity contribution >= 4 is 27.5 Å². The molecule has 0 atom stereocenters. The van der Waals surface area contributed by atoms with E-state index in [4.69, 9.17) is 14.7 Å². The lowest BCUT2D eigenvalue weighted by molar-refractivity contribution is 0.0706. The molecule has 0 aliphatic heterocycles. The maximum Gasteiger partial charge on any atom is 0.274 e. The molecule has 4 aromatic rings. The van der Waals surface area contributed by atoms with Gasteiger partial charge in [0.15, 0.2) is 0 Å². The third kappa shape index (κ3) is 4.36. The monoisotopic (exact) mass is 418 g/mol. The smallest absolute Gasteiger partial charge is 0.274 e. The number of hydroxylamine groups is 1. The molecule has 31 heavy (non-hydrogen) atoms. The number of nitrogens with one attached hydrogen (secondary N) is 1. The number of aromatic nitrogens is 1. The molecular weight excluding hydrogens is 396 g/mol. The van der Waals surface area contributed by atoms with Crippen molar-refractivity contribution in [2.24, 2.45) is 0 Å². The number of rotatable bonds is 7. The van der Waals surface area contributed by atoms with E-state index in [1.165, 1.54) is 6.07 Å². The van der Waals surface area contributed by atoms with Crippen LogP contribution in [0.15, 0.2) is 71.7 Å². The highest BCUT2D eigenvalue weighted by molar-refractivity contribution is 5.97. The summed E-state index contributed by atoms with van der Waals surface area (Å²) in [5, 5.41) is 12.1. The number of methoxy groups -OCH3 is 1. The van der Waals surface area contributed by atoms with Gasteiger partial charge in [-0.05, 0) is 65.0 Å². The molecule has 1 aromatic heterocycles. The van der Waals surface area contributed by atoms with Gasteiger partial charge in [0.2, 0.25) is 0 Å². The van der Waals surface area contributed by atoms with Crippen LogP contribution < -0.4 is 20.5 Å². The van der Waals surface area contributed by atoms with E-state index < -0.39 is 5.91 Å². The Morgan fingerprint density at radius 3 is 2.42 bits per heavy atom. The largest absolute Gasteiger partial charge is 0.497 e. The van der Waals surface area contributed by atoms with Crippen LogP contribution in [0.5, 0.6) is 11.5 Å². The minimum absolute atomic E-state index is 0.190. The van der Waals surface area contributed by atoms with E-state index in [1.54, 1.807) is 35.5 Å². The summed E-state index contributed by atoms with van der Waals surface area (Å²) in [6, 6.07) is 18.3. The second-order valence-corrected chi connectivity index (χ2v) is 7.13. The molecule has 2 N–H and O–H groups in total. The Hall–Kier alpha value is -3.84. The first-order valence-corrected chi connectivity index (χ1v) is 9.87. The third-order valence-electron chi connectivity index (χ3n) is 5.17. The summed E-state index contributed by atoms with van der Waals surface area (Å²) in [7, 11) is 1.64. The Morgan fingerprint density at radius 1 is 0.968 bits per heavy atom. The minimum Gasteiger partial charge on any atom is -0.497 e. The summed E-state index contributed by atoms with van der Waals surface area (Å²) < 4.78 is 12.7. The SMILES string of the molecule is COc1ccc2cc(OCCCn3ccc4ccc(C(=O)NO)cc4c3=O)ccc2c1. The van der Waals surface area contributed by atoms with Crippen molar-refractivity contribution < 1.29 is 19.5 Å². The number of pyridine rings is 1. The second-order valence-electron chi connectivity index (χ2n) is 7.13. The standard InChI is InChI=1S/C24H22N2O5/c1-30-20-7-5-18-14-21(8-6-17(18)13-20)31-12-2-10-26-11-9-16-3-4-19(23(27)25-29)15-22(16)24(26)28/h3-9,11,13-15,29H,2,10,12H2,1H3,(H,25,27). The van der Waals surface area contributed by atoms with Crippen LogP contribution in [0.4, 0.5) is 0 Å². The minimum atomic E-state index is -0.654. The molecular formula is C24H22N2O5. The molecule has 3 aromatic carbocycles. The van der Waals surface area contributed by atoms with E-state index in [1.807, 2.05) is 42.5 Å². The fourth-order valence-corrected chi connectivity index (χ4v) is 3.50. The van der Waals surface area contributed by atoms with Gasteiger partial charge in [0.1, 0.15) is 11.5 Å². The predicted octanol–water partition coefficient (Wildman–Crippen LogP) is 3.75. The number of benzene rings is 3. The molecule has 4 rings (SSSR count). The van der Waals surface area contributed by atoms with Gasteiger partial charge < -0.3 is 14.0 Å². The number of fused-ring (bicyclic) bond motifs is 2. The van der Waals surface area contributed by atoms with Crippen LogP contribution in [0, 0.1) is 0 Å². The topological polar surface area (TPSA) is 89.8 Å². The molecule has 7 heteroatoms. The van der Waals surface area contributed by atoms with Gasteiger partial charge in [-0.2, -0.15) is 0 Å². The lowest BCUT2D eigenvalue weighted by Gasteiger charge is -2.10. The fourth-order valence-electron chi connectivity index (χ4n) is 3.50. The first kappa shape index (κ1) is 20.4. The van der Waals surface area contributed by atoms with Crippen molar-refractivity contribution in [1.29, 1.82) is 0 Å². The second kappa shape index (κ2) is 8.89. The zero-order chi connectivity index (χ0) is 21.8. The average molecular weight is 418 g/mol. The summed E-state index contributed by atoms with van der Waals surface area (Å²) >= 11 is 0. The molecule has 0 saturated carbocycles. The Bertz CT molecular complexity index is 1310. The number of ether oxygens (including phenoxy) is 2. The first-order chi connectivity index (χ1) is 15.1. The summed E-state index contributed by atoms with van der Waals surface area (Å²) in [5.74, 6) is 0.924. The summed E-state index contributed by atoms with van der Waals surface area (Å²) in [4.78, 5) is 24.4. The van der Waals surface area contributed by atoms with E-state index in [0.29, 0.717) is 25.0 Å². The lowest BCUT2D eigenvalue weighted by Crippen LogP contribution is -2.22. The van der Waals surface area contributed by atoms with Gasteiger partial charge in [-0.1, -0.05) is 18.2 Å². The van der Waals surface area contributed by atoms with Gasteiger partial charge in [0, 0.05) is 23.7 Å². The molecule has 0 fully saturated rings. The van der Waals surface area contributed by atoms with Gasteiger partial charge in [-0.25, -0.2) is 5.48 Å². The number of nitrogens with zero attached hydrogens (tertiary/aromatic N) is 1. The molecule has 1 amide bonds. The van der Waals surface area contributed by atoms with Gasteiger partial charge in [0.25, 0.3) is 11.5 Å². The van der Waals surface area contributed by atoms with E-state index in [2.05, 4.69) is 0 Å². The van der Waals surface area contributed by atoms with Crippen molar-refractivity contribution in [2.45, 2.75) is 13.0 Å². The van der Waals surface area contributed by atoms with Crippen molar-refractivity contribution in [3.63, 3.8) is 0 Å². The predicted molar refractivity (Wildman–Crippen MR) is 118 cm³/mol. The summed E-state index contributed by atoms with van der Waals surface area (Å²) in [6.45, 7) is 0.940. The molecule has 158 valence electrons. The van der Waals surface area contributed by atoms with E-state index >= 15 is 0 Å². The highest BCUT2D eigenvalue weighted by Gasteiger charge is 2.09. The van der Waals surface area contributed by atoms with Crippen LogP contribution in [-0.2, 0) is 6.54 Å². The Labute approximate surface area is 178 Å². The van der Waals surface area contributed by atoms with Crippen molar-refractivity contribution in [2.75, 3.05) is 13.7 Å². The van der Waals surface area contributed by atoms with Crippen molar-refractivity contribution in [3.8, 4) is 11.5 Å². The molecule has 0 radical (unpaired) electrons. The maximum atomic E-state index is 12.8. The Morgan fingerprint density at radius 2 is 1.68 bits per heavy atom.